The van der Waals surface area contributed by atoms with Gasteiger partial charge in [-0.25, -0.2) is 0 Å². The van der Waals surface area contributed by atoms with Crippen molar-refractivity contribution in [2.45, 2.75) is 31.6 Å². The van der Waals surface area contributed by atoms with Crippen LogP contribution in [0.4, 0.5) is 0 Å². The fraction of sp³-hybridized carbons (Fsp3) is 0.462. The molecule has 1 amide bonds. The number of hydrogen-bond donors (Lipinski definition) is 2. The van der Waals surface area contributed by atoms with Crippen molar-refractivity contribution in [1.82, 2.24) is 0 Å². The molecule has 4 heteroatoms. The number of rotatable bonds is 6. The molecule has 1 aromatic rings. The topological polar surface area (TPSA) is 69.1 Å². The van der Waals surface area contributed by atoms with Crippen LogP contribution in [0.2, 0.25) is 0 Å². The van der Waals surface area contributed by atoms with E-state index in [4.69, 9.17) is 11.5 Å². The summed E-state index contributed by atoms with van der Waals surface area (Å²) in [5, 5.41) is 0. The predicted molar refractivity (Wildman–Crippen MR) is 73.7 cm³/mol. The van der Waals surface area contributed by atoms with Crippen LogP contribution in [-0.2, 0) is 10.5 Å². The van der Waals surface area contributed by atoms with Crippen molar-refractivity contribution in [3.63, 3.8) is 0 Å². The molecule has 0 bridgehead atoms. The summed E-state index contributed by atoms with van der Waals surface area (Å²) in [4.78, 5) is 11.0. The normalized spacial score (nSPS) is 14.3. The molecule has 17 heavy (non-hydrogen) atoms. The minimum atomic E-state index is -0.889. The molecule has 0 saturated carbocycles. The van der Waals surface area contributed by atoms with Gasteiger partial charge >= 0.3 is 0 Å². The van der Waals surface area contributed by atoms with Crippen LogP contribution in [0.25, 0.3) is 0 Å². The molecule has 0 aliphatic rings. The van der Waals surface area contributed by atoms with Gasteiger partial charge in [-0.2, -0.15) is 11.8 Å². The van der Waals surface area contributed by atoms with Crippen molar-refractivity contribution in [3.8, 4) is 0 Å². The largest absolute Gasteiger partial charge is 0.368 e. The summed E-state index contributed by atoms with van der Waals surface area (Å²) in [7, 11) is 0. The van der Waals surface area contributed by atoms with Gasteiger partial charge in [-0.3, -0.25) is 4.79 Å². The number of nitrogens with two attached hydrogens (primary N) is 2. The van der Waals surface area contributed by atoms with Crippen molar-refractivity contribution in [2.75, 3.05) is 5.75 Å². The van der Waals surface area contributed by atoms with Crippen molar-refractivity contribution in [1.29, 1.82) is 0 Å². The van der Waals surface area contributed by atoms with Gasteiger partial charge in [0.15, 0.2) is 0 Å². The molecule has 0 radical (unpaired) electrons. The van der Waals surface area contributed by atoms with Gasteiger partial charge in [-0.05, 0) is 31.6 Å². The molecule has 0 saturated heterocycles. The van der Waals surface area contributed by atoms with E-state index in [1.54, 1.807) is 18.7 Å². The fourth-order valence-corrected chi connectivity index (χ4v) is 2.53. The van der Waals surface area contributed by atoms with E-state index < -0.39 is 11.4 Å². The SMILES string of the molecule is Cc1cccc(CSCCC(C)(N)C(N)=O)c1. The van der Waals surface area contributed by atoms with Crippen molar-refractivity contribution >= 4 is 17.7 Å². The quantitative estimate of drug-likeness (QED) is 0.759. The number of carbonyl (C=O) groups excluding carboxylic acids is 1. The highest BCUT2D eigenvalue weighted by atomic mass is 32.2. The summed E-state index contributed by atoms with van der Waals surface area (Å²) < 4.78 is 0. The Bertz CT molecular complexity index is 391. The lowest BCUT2D eigenvalue weighted by Crippen LogP contribution is -2.49. The maximum atomic E-state index is 11.0. The van der Waals surface area contributed by atoms with Crippen LogP contribution in [0.15, 0.2) is 24.3 Å². The zero-order valence-electron chi connectivity index (χ0n) is 10.4. The van der Waals surface area contributed by atoms with Crippen molar-refractivity contribution < 1.29 is 4.79 Å². The summed E-state index contributed by atoms with van der Waals surface area (Å²) in [6.45, 7) is 3.76. The molecule has 1 atom stereocenters. The Morgan fingerprint density at radius 2 is 2.18 bits per heavy atom. The zero-order chi connectivity index (χ0) is 12.9. The van der Waals surface area contributed by atoms with Crippen LogP contribution in [0, 0.1) is 6.92 Å². The molecule has 0 aromatic heterocycles. The number of benzene rings is 1. The van der Waals surface area contributed by atoms with E-state index in [2.05, 4.69) is 31.2 Å². The van der Waals surface area contributed by atoms with Crippen molar-refractivity contribution in [3.05, 3.63) is 35.4 Å². The Kier molecular flexibility index (Phi) is 5.02. The minimum Gasteiger partial charge on any atom is -0.368 e. The van der Waals surface area contributed by atoms with Crippen LogP contribution in [0.1, 0.15) is 24.5 Å². The molecular formula is C13H20N2OS. The zero-order valence-corrected chi connectivity index (χ0v) is 11.2. The van der Waals surface area contributed by atoms with E-state index >= 15 is 0 Å². The van der Waals surface area contributed by atoms with Crippen LogP contribution in [0.3, 0.4) is 0 Å². The van der Waals surface area contributed by atoms with Gasteiger partial charge in [0.25, 0.3) is 0 Å². The Morgan fingerprint density at radius 3 is 2.76 bits per heavy atom. The molecule has 0 aliphatic carbocycles. The van der Waals surface area contributed by atoms with Gasteiger partial charge in [0.05, 0.1) is 5.54 Å². The number of hydrogen-bond acceptors (Lipinski definition) is 3. The molecule has 94 valence electrons. The molecule has 0 spiro atoms. The Hall–Kier alpha value is -1.00. The van der Waals surface area contributed by atoms with Gasteiger partial charge in [-0.1, -0.05) is 29.8 Å². The van der Waals surface area contributed by atoms with E-state index in [1.807, 2.05) is 0 Å². The van der Waals surface area contributed by atoms with Gasteiger partial charge in [0.2, 0.25) is 5.91 Å². The second kappa shape index (κ2) is 6.07. The van der Waals surface area contributed by atoms with Crippen LogP contribution >= 0.6 is 11.8 Å². The summed E-state index contributed by atoms with van der Waals surface area (Å²) in [6, 6.07) is 8.42. The molecular weight excluding hydrogens is 232 g/mol. The third-order valence-corrected chi connectivity index (χ3v) is 3.71. The highest BCUT2D eigenvalue weighted by molar-refractivity contribution is 7.98. The van der Waals surface area contributed by atoms with Crippen LogP contribution < -0.4 is 11.5 Å². The Balaban J connectivity index is 2.32. The van der Waals surface area contributed by atoms with Gasteiger partial charge in [0, 0.05) is 5.75 Å². The lowest BCUT2D eigenvalue weighted by molar-refractivity contribution is -0.122. The highest BCUT2D eigenvalue weighted by Gasteiger charge is 2.24. The average molecular weight is 252 g/mol. The minimum absolute atomic E-state index is 0.436. The lowest BCUT2D eigenvalue weighted by Gasteiger charge is -2.19. The molecule has 4 N–H and O–H groups in total. The van der Waals surface area contributed by atoms with Gasteiger partial charge < -0.3 is 11.5 Å². The highest BCUT2D eigenvalue weighted by Crippen LogP contribution is 2.17. The summed E-state index contributed by atoms with van der Waals surface area (Å²) in [5.41, 5.74) is 12.7. The molecule has 1 rings (SSSR count). The number of carbonyl (C=O) groups is 1. The monoisotopic (exact) mass is 252 g/mol. The van der Waals surface area contributed by atoms with Gasteiger partial charge in [0.1, 0.15) is 0 Å². The summed E-state index contributed by atoms with van der Waals surface area (Å²) in [6.07, 6.45) is 0.610. The van der Waals surface area contributed by atoms with E-state index in [0.717, 1.165) is 11.5 Å². The van der Waals surface area contributed by atoms with Gasteiger partial charge in [-0.15, -0.1) is 0 Å². The van der Waals surface area contributed by atoms with E-state index in [1.165, 1.54) is 11.1 Å². The second-order valence-corrected chi connectivity index (χ2v) is 5.68. The number of aryl methyl sites for hydroxylation is 1. The molecule has 1 aromatic carbocycles. The third-order valence-electron chi connectivity index (χ3n) is 2.68. The molecule has 0 heterocycles. The summed E-state index contributed by atoms with van der Waals surface area (Å²) >= 11 is 1.77. The molecule has 1 unspecified atom stereocenters. The second-order valence-electron chi connectivity index (χ2n) is 4.57. The van der Waals surface area contributed by atoms with Crippen molar-refractivity contribution in [2.24, 2.45) is 11.5 Å². The maximum absolute atomic E-state index is 11.0. The standard InChI is InChI=1S/C13H20N2OS/c1-10-4-3-5-11(8-10)9-17-7-6-13(2,15)12(14)16/h3-5,8H,6-7,9,15H2,1-2H3,(H2,14,16). The first-order valence-electron chi connectivity index (χ1n) is 5.64. The average Bonchev–Trinajstić information content (AvgIpc) is 2.24. The van der Waals surface area contributed by atoms with Crippen LogP contribution in [-0.4, -0.2) is 17.2 Å². The smallest absolute Gasteiger partial charge is 0.237 e. The van der Waals surface area contributed by atoms with E-state index in [-0.39, 0.29) is 0 Å². The molecule has 0 aliphatic heterocycles. The Labute approximate surface area is 107 Å². The fourth-order valence-electron chi connectivity index (χ4n) is 1.40. The maximum Gasteiger partial charge on any atom is 0.237 e. The summed E-state index contributed by atoms with van der Waals surface area (Å²) in [5.74, 6) is 1.34. The molecule has 0 fully saturated rings. The third kappa shape index (κ3) is 4.79. The predicted octanol–water partition coefficient (Wildman–Crippen LogP) is 1.82. The molecule has 3 nitrogen and oxygen atoms in total. The van der Waals surface area contributed by atoms with E-state index in [0.29, 0.717) is 6.42 Å². The first-order chi connectivity index (χ1) is 7.92. The number of thioether (sulfide) groups is 1. The Morgan fingerprint density at radius 1 is 1.47 bits per heavy atom. The first-order valence-corrected chi connectivity index (χ1v) is 6.79. The van der Waals surface area contributed by atoms with E-state index in [9.17, 15) is 4.79 Å². The lowest BCUT2D eigenvalue weighted by atomic mass is 10.0. The number of primary amides is 1. The van der Waals surface area contributed by atoms with Crippen LogP contribution in [0.5, 0.6) is 0 Å². The number of amides is 1. The first kappa shape index (κ1) is 14.1.